The van der Waals surface area contributed by atoms with Crippen molar-refractivity contribution in [2.75, 3.05) is 19.8 Å². The van der Waals surface area contributed by atoms with E-state index in [9.17, 15) is 0 Å². The Morgan fingerprint density at radius 2 is 2.38 bits per heavy atom. The molecule has 0 aromatic carbocycles. The van der Waals surface area contributed by atoms with Crippen LogP contribution in [0.15, 0.2) is 11.4 Å². The summed E-state index contributed by atoms with van der Waals surface area (Å²) in [7, 11) is 0. The molecule has 0 aliphatic carbocycles. The van der Waals surface area contributed by atoms with Gasteiger partial charge in [-0.3, -0.25) is 0 Å². The van der Waals surface area contributed by atoms with Crippen LogP contribution in [0.2, 0.25) is 0 Å². The summed E-state index contributed by atoms with van der Waals surface area (Å²) in [6.45, 7) is 3.87. The Hall–Kier alpha value is -0.380. The highest BCUT2D eigenvalue weighted by Gasteiger charge is 2.05. The molecule has 0 spiro atoms. The minimum Gasteiger partial charge on any atom is -0.381 e. The van der Waals surface area contributed by atoms with Gasteiger partial charge in [-0.15, -0.1) is 11.3 Å². The first-order valence-corrected chi connectivity index (χ1v) is 5.68. The zero-order chi connectivity index (χ0) is 8.93. The molecule has 0 unspecified atom stereocenters. The monoisotopic (exact) mass is 197 g/mol. The van der Waals surface area contributed by atoms with Gasteiger partial charge in [0, 0.05) is 24.4 Å². The number of nitrogens with one attached hydrogen (secondary N) is 1. The first-order chi connectivity index (χ1) is 6.47. The molecule has 1 N–H and O–H groups in total. The molecule has 2 heterocycles. The lowest BCUT2D eigenvalue weighted by Gasteiger charge is -2.10. The van der Waals surface area contributed by atoms with Gasteiger partial charge in [0.05, 0.1) is 6.61 Å². The number of hydrogen-bond donors (Lipinski definition) is 1. The van der Waals surface area contributed by atoms with Gasteiger partial charge in [-0.2, -0.15) is 0 Å². The van der Waals surface area contributed by atoms with E-state index in [0.717, 1.165) is 39.1 Å². The minimum atomic E-state index is 0.882. The topological polar surface area (TPSA) is 21.3 Å². The summed E-state index contributed by atoms with van der Waals surface area (Å²) in [5, 5.41) is 5.59. The van der Waals surface area contributed by atoms with Crippen LogP contribution in [0.3, 0.4) is 0 Å². The summed E-state index contributed by atoms with van der Waals surface area (Å²) < 4.78 is 5.50. The molecule has 72 valence electrons. The summed E-state index contributed by atoms with van der Waals surface area (Å²) in [6.07, 6.45) is 2.20. The van der Waals surface area contributed by atoms with Crippen molar-refractivity contribution in [1.82, 2.24) is 5.32 Å². The lowest BCUT2D eigenvalue weighted by Crippen LogP contribution is -2.18. The molecule has 0 atom stereocenters. The molecule has 1 aliphatic heterocycles. The third-order valence-corrected chi connectivity index (χ3v) is 3.29. The van der Waals surface area contributed by atoms with E-state index in [1.165, 1.54) is 10.4 Å². The van der Waals surface area contributed by atoms with E-state index in [1.807, 2.05) is 11.3 Å². The molecule has 0 bridgehead atoms. The van der Waals surface area contributed by atoms with E-state index in [4.69, 9.17) is 4.74 Å². The van der Waals surface area contributed by atoms with Crippen LogP contribution in [0.25, 0.3) is 0 Å². The van der Waals surface area contributed by atoms with Gasteiger partial charge in [0.15, 0.2) is 0 Å². The first kappa shape index (κ1) is 9.19. The number of hydrogen-bond acceptors (Lipinski definition) is 3. The molecule has 1 aromatic heterocycles. The molecule has 0 amide bonds. The molecule has 0 radical (unpaired) electrons. The highest BCUT2D eigenvalue weighted by atomic mass is 32.1. The molecule has 3 heteroatoms. The van der Waals surface area contributed by atoms with Crippen LogP contribution in [0.4, 0.5) is 0 Å². The Kier molecular flexibility index (Phi) is 3.35. The zero-order valence-electron chi connectivity index (χ0n) is 7.71. The number of fused-ring (bicyclic) bond motifs is 1. The van der Waals surface area contributed by atoms with Crippen molar-refractivity contribution in [3.8, 4) is 0 Å². The molecule has 2 rings (SSSR count). The number of thiophene rings is 1. The van der Waals surface area contributed by atoms with E-state index < -0.39 is 0 Å². The maximum atomic E-state index is 5.50. The Balaban J connectivity index is 2.03. The van der Waals surface area contributed by atoms with Crippen molar-refractivity contribution in [3.05, 3.63) is 21.9 Å². The van der Waals surface area contributed by atoms with Crippen molar-refractivity contribution >= 4 is 11.3 Å². The van der Waals surface area contributed by atoms with Crippen LogP contribution in [-0.2, 0) is 17.7 Å². The largest absolute Gasteiger partial charge is 0.381 e. The molecular weight excluding hydrogens is 182 g/mol. The lowest BCUT2D eigenvalue weighted by atomic mass is 10.2. The molecule has 1 aliphatic rings. The number of ether oxygens (including phenoxy) is 1. The third-order valence-electron chi connectivity index (χ3n) is 2.27. The van der Waals surface area contributed by atoms with Crippen molar-refractivity contribution in [2.45, 2.75) is 19.4 Å². The molecule has 1 aromatic rings. The smallest absolute Gasteiger partial charge is 0.0514 e. The van der Waals surface area contributed by atoms with Gasteiger partial charge in [0.25, 0.3) is 0 Å². The molecular formula is C10H15NOS. The summed E-state index contributed by atoms with van der Waals surface area (Å²) in [4.78, 5) is 1.48. The first-order valence-electron chi connectivity index (χ1n) is 4.80. The van der Waals surface area contributed by atoms with Crippen molar-refractivity contribution in [1.29, 1.82) is 0 Å². The van der Waals surface area contributed by atoms with Crippen molar-refractivity contribution < 1.29 is 4.74 Å². The van der Waals surface area contributed by atoms with Crippen LogP contribution in [0.5, 0.6) is 0 Å². The Labute approximate surface area is 82.9 Å². The van der Waals surface area contributed by atoms with Crippen LogP contribution in [-0.4, -0.2) is 19.8 Å². The van der Waals surface area contributed by atoms with Crippen molar-refractivity contribution in [3.63, 3.8) is 0 Å². The van der Waals surface area contributed by atoms with Gasteiger partial charge >= 0.3 is 0 Å². The molecule has 0 saturated heterocycles. The van der Waals surface area contributed by atoms with Crippen LogP contribution >= 0.6 is 11.3 Å². The maximum absolute atomic E-state index is 5.50. The van der Waals surface area contributed by atoms with Gasteiger partial charge in [-0.05, 0) is 30.0 Å². The summed E-state index contributed by atoms with van der Waals surface area (Å²) in [6, 6.07) is 2.22. The lowest BCUT2D eigenvalue weighted by molar-refractivity contribution is 0.134. The third kappa shape index (κ3) is 2.53. The predicted octanol–water partition coefficient (Wildman–Crippen LogP) is 1.80. The summed E-state index contributed by atoms with van der Waals surface area (Å²) in [5.74, 6) is 0. The predicted molar refractivity (Wildman–Crippen MR) is 55.2 cm³/mol. The van der Waals surface area contributed by atoms with Gasteiger partial charge in [0.2, 0.25) is 0 Å². The highest BCUT2D eigenvalue weighted by molar-refractivity contribution is 7.10. The zero-order valence-corrected chi connectivity index (χ0v) is 8.53. The van der Waals surface area contributed by atoms with Crippen LogP contribution < -0.4 is 5.32 Å². The van der Waals surface area contributed by atoms with E-state index in [2.05, 4.69) is 16.8 Å². The fourth-order valence-corrected chi connectivity index (χ4v) is 2.42. The van der Waals surface area contributed by atoms with Crippen LogP contribution in [0.1, 0.15) is 16.9 Å². The van der Waals surface area contributed by atoms with Gasteiger partial charge in [-0.25, -0.2) is 0 Å². The Morgan fingerprint density at radius 1 is 1.38 bits per heavy atom. The van der Waals surface area contributed by atoms with Crippen molar-refractivity contribution in [2.24, 2.45) is 0 Å². The quantitative estimate of drug-likeness (QED) is 0.685. The molecule has 13 heavy (non-hydrogen) atoms. The Bertz CT molecular complexity index is 235. The molecule has 0 fully saturated rings. The fraction of sp³-hybridized carbons (Fsp3) is 0.600. The van der Waals surface area contributed by atoms with E-state index >= 15 is 0 Å². The van der Waals surface area contributed by atoms with E-state index in [-0.39, 0.29) is 0 Å². The highest BCUT2D eigenvalue weighted by Crippen LogP contribution is 2.17. The van der Waals surface area contributed by atoms with Gasteiger partial charge in [-0.1, -0.05) is 0 Å². The summed E-state index contributed by atoms with van der Waals surface area (Å²) >= 11 is 1.84. The normalized spacial score (nSPS) is 19.4. The van der Waals surface area contributed by atoms with Gasteiger partial charge < -0.3 is 10.1 Å². The van der Waals surface area contributed by atoms with Gasteiger partial charge in [0.1, 0.15) is 0 Å². The maximum Gasteiger partial charge on any atom is 0.0514 e. The second-order valence-corrected chi connectivity index (χ2v) is 4.26. The number of rotatable bonds is 0. The van der Waals surface area contributed by atoms with E-state index in [0.29, 0.717) is 0 Å². The molecule has 2 nitrogen and oxygen atoms in total. The minimum absolute atomic E-state index is 0.882. The summed E-state index contributed by atoms with van der Waals surface area (Å²) in [5.41, 5.74) is 1.45. The standard InChI is InChI=1S/C10H15NOS/c1-4-11-8-9-3-7-13-10(9)2-6-12-5-1/h3,7,11H,1-2,4-6,8H2. The second kappa shape index (κ2) is 4.74. The fourth-order valence-electron chi connectivity index (χ4n) is 1.53. The Morgan fingerprint density at radius 3 is 3.38 bits per heavy atom. The second-order valence-electron chi connectivity index (χ2n) is 3.26. The van der Waals surface area contributed by atoms with Crippen LogP contribution in [0, 0.1) is 0 Å². The average molecular weight is 197 g/mol. The molecule has 0 saturated carbocycles. The van der Waals surface area contributed by atoms with E-state index in [1.54, 1.807) is 0 Å². The average Bonchev–Trinajstić information content (AvgIpc) is 2.59. The SMILES string of the molecule is c1cc2c(s1)CCOCCCNC2.